The average molecular weight is 228 g/mol. The lowest BCUT2D eigenvalue weighted by Crippen LogP contribution is -2.37. The van der Waals surface area contributed by atoms with Crippen molar-refractivity contribution in [3.05, 3.63) is 35.4 Å². The Morgan fingerprint density at radius 3 is 2.38 bits per heavy atom. The average Bonchev–Trinajstić information content (AvgIpc) is 2.23. The summed E-state index contributed by atoms with van der Waals surface area (Å²) in [5.41, 5.74) is -0.0131. The van der Waals surface area contributed by atoms with Crippen molar-refractivity contribution in [1.29, 1.82) is 0 Å². The number of carbonyl (C=O) groups is 1. The molecule has 0 aliphatic carbocycles. The molecule has 2 N–H and O–H groups in total. The summed E-state index contributed by atoms with van der Waals surface area (Å²) in [6, 6.07) is 2.83. The summed E-state index contributed by atoms with van der Waals surface area (Å²) >= 11 is 0. The van der Waals surface area contributed by atoms with Gasteiger partial charge in [-0.25, -0.2) is 8.78 Å². The SMILES string of the molecule is CNC(C)CNC(=O)c1cc(F)cc(F)c1. The van der Waals surface area contributed by atoms with Crippen molar-refractivity contribution in [3.63, 3.8) is 0 Å². The zero-order chi connectivity index (χ0) is 12.1. The number of carbonyl (C=O) groups excluding carboxylic acids is 1. The highest BCUT2D eigenvalue weighted by Crippen LogP contribution is 2.07. The Bertz CT molecular complexity index is 362. The van der Waals surface area contributed by atoms with Gasteiger partial charge in [-0.15, -0.1) is 0 Å². The largest absolute Gasteiger partial charge is 0.350 e. The van der Waals surface area contributed by atoms with E-state index in [1.807, 2.05) is 6.92 Å². The minimum Gasteiger partial charge on any atom is -0.350 e. The molecule has 0 saturated carbocycles. The molecule has 0 aliphatic heterocycles. The minimum absolute atomic E-state index is 0.0131. The van der Waals surface area contributed by atoms with E-state index in [0.717, 1.165) is 18.2 Å². The van der Waals surface area contributed by atoms with Crippen LogP contribution < -0.4 is 10.6 Å². The third-order valence-electron chi connectivity index (χ3n) is 2.19. The predicted molar refractivity (Wildman–Crippen MR) is 57.2 cm³/mol. The molecule has 1 rings (SSSR count). The second-order valence-corrected chi connectivity index (χ2v) is 3.56. The standard InChI is InChI=1S/C11H14F2N2O/c1-7(14-2)6-15-11(16)8-3-9(12)5-10(13)4-8/h3-5,7,14H,6H2,1-2H3,(H,15,16). The highest BCUT2D eigenvalue weighted by Gasteiger charge is 2.09. The van der Waals surface area contributed by atoms with Crippen LogP contribution in [0.15, 0.2) is 18.2 Å². The molecule has 0 aromatic heterocycles. The molecule has 1 aromatic rings. The third kappa shape index (κ3) is 3.58. The van der Waals surface area contributed by atoms with Crippen LogP contribution in [-0.4, -0.2) is 25.5 Å². The van der Waals surface area contributed by atoms with Crippen LogP contribution in [0.25, 0.3) is 0 Å². The molecular formula is C11H14F2N2O. The molecule has 5 heteroatoms. The van der Waals surface area contributed by atoms with Crippen molar-refractivity contribution in [2.24, 2.45) is 0 Å². The predicted octanol–water partition coefficient (Wildman–Crippen LogP) is 1.30. The summed E-state index contributed by atoms with van der Waals surface area (Å²) < 4.78 is 25.6. The maximum Gasteiger partial charge on any atom is 0.251 e. The molecule has 1 unspecified atom stereocenters. The van der Waals surface area contributed by atoms with Gasteiger partial charge in [-0.2, -0.15) is 0 Å². The fourth-order valence-electron chi connectivity index (χ4n) is 1.13. The highest BCUT2D eigenvalue weighted by molar-refractivity contribution is 5.94. The van der Waals surface area contributed by atoms with Crippen LogP contribution in [0.1, 0.15) is 17.3 Å². The molecule has 0 heterocycles. The van der Waals surface area contributed by atoms with E-state index < -0.39 is 17.5 Å². The fourth-order valence-corrected chi connectivity index (χ4v) is 1.13. The summed E-state index contributed by atoms with van der Waals surface area (Å²) in [5.74, 6) is -2.00. The Labute approximate surface area is 92.8 Å². The Kier molecular flexibility index (Phi) is 4.37. The van der Waals surface area contributed by atoms with Crippen molar-refractivity contribution in [1.82, 2.24) is 10.6 Å². The van der Waals surface area contributed by atoms with Crippen LogP contribution in [0.2, 0.25) is 0 Å². The topological polar surface area (TPSA) is 41.1 Å². The maximum absolute atomic E-state index is 12.8. The zero-order valence-corrected chi connectivity index (χ0v) is 9.18. The van der Waals surface area contributed by atoms with Crippen LogP contribution in [0.4, 0.5) is 8.78 Å². The van der Waals surface area contributed by atoms with Crippen molar-refractivity contribution in [2.45, 2.75) is 13.0 Å². The van der Waals surface area contributed by atoms with Gasteiger partial charge in [0.25, 0.3) is 5.91 Å². The van der Waals surface area contributed by atoms with Gasteiger partial charge in [0, 0.05) is 24.2 Å². The number of halogens is 2. The van der Waals surface area contributed by atoms with Gasteiger partial charge in [0.1, 0.15) is 11.6 Å². The molecule has 1 atom stereocenters. The first kappa shape index (κ1) is 12.6. The van der Waals surface area contributed by atoms with E-state index in [9.17, 15) is 13.6 Å². The summed E-state index contributed by atoms with van der Waals surface area (Å²) in [4.78, 5) is 11.5. The molecule has 0 aliphatic rings. The smallest absolute Gasteiger partial charge is 0.251 e. The number of hydrogen-bond acceptors (Lipinski definition) is 2. The van der Waals surface area contributed by atoms with Gasteiger partial charge in [0.15, 0.2) is 0 Å². The molecule has 1 amide bonds. The molecule has 0 bridgehead atoms. The number of benzene rings is 1. The number of rotatable bonds is 4. The van der Waals surface area contributed by atoms with Crippen LogP contribution in [-0.2, 0) is 0 Å². The van der Waals surface area contributed by atoms with Crippen molar-refractivity contribution >= 4 is 5.91 Å². The van der Waals surface area contributed by atoms with Gasteiger partial charge in [-0.3, -0.25) is 4.79 Å². The van der Waals surface area contributed by atoms with E-state index in [2.05, 4.69) is 10.6 Å². The van der Waals surface area contributed by atoms with E-state index >= 15 is 0 Å². The lowest BCUT2D eigenvalue weighted by atomic mass is 10.2. The van der Waals surface area contributed by atoms with Gasteiger partial charge in [-0.05, 0) is 26.1 Å². The second kappa shape index (κ2) is 5.55. The number of amides is 1. The Hall–Kier alpha value is -1.49. The third-order valence-corrected chi connectivity index (χ3v) is 2.19. The highest BCUT2D eigenvalue weighted by atomic mass is 19.1. The van der Waals surface area contributed by atoms with Crippen molar-refractivity contribution < 1.29 is 13.6 Å². The van der Waals surface area contributed by atoms with Crippen LogP contribution >= 0.6 is 0 Å². The summed E-state index contributed by atoms with van der Waals surface area (Å²) in [5, 5.41) is 5.50. The van der Waals surface area contributed by atoms with E-state index in [0.29, 0.717) is 6.54 Å². The molecule has 0 spiro atoms. The Morgan fingerprint density at radius 1 is 1.31 bits per heavy atom. The molecule has 0 radical (unpaired) electrons. The number of nitrogens with one attached hydrogen (secondary N) is 2. The van der Waals surface area contributed by atoms with Gasteiger partial charge in [-0.1, -0.05) is 0 Å². The normalized spacial score (nSPS) is 12.2. The molecule has 1 aromatic carbocycles. The Morgan fingerprint density at radius 2 is 1.88 bits per heavy atom. The molecule has 3 nitrogen and oxygen atoms in total. The summed E-state index contributed by atoms with van der Waals surface area (Å²) in [6.45, 7) is 2.28. The van der Waals surface area contributed by atoms with Crippen LogP contribution in [0, 0.1) is 11.6 Å². The molecular weight excluding hydrogens is 214 g/mol. The van der Waals surface area contributed by atoms with E-state index in [1.165, 1.54) is 0 Å². The first-order valence-electron chi connectivity index (χ1n) is 4.94. The zero-order valence-electron chi connectivity index (χ0n) is 9.18. The van der Waals surface area contributed by atoms with Gasteiger partial charge in [0.05, 0.1) is 0 Å². The monoisotopic (exact) mass is 228 g/mol. The van der Waals surface area contributed by atoms with Gasteiger partial charge < -0.3 is 10.6 Å². The van der Waals surface area contributed by atoms with E-state index in [4.69, 9.17) is 0 Å². The first-order chi connectivity index (χ1) is 7.52. The molecule has 0 fully saturated rings. The van der Waals surface area contributed by atoms with E-state index in [1.54, 1.807) is 7.05 Å². The maximum atomic E-state index is 12.8. The van der Waals surface area contributed by atoms with Crippen molar-refractivity contribution in [2.75, 3.05) is 13.6 Å². The lowest BCUT2D eigenvalue weighted by Gasteiger charge is -2.11. The fraction of sp³-hybridized carbons (Fsp3) is 0.364. The summed E-state index contributed by atoms with van der Waals surface area (Å²) in [6.07, 6.45) is 0. The first-order valence-corrected chi connectivity index (χ1v) is 4.94. The van der Waals surface area contributed by atoms with Crippen LogP contribution in [0.5, 0.6) is 0 Å². The molecule has 0 saturated heterocycles. The quantitative estimate of drug-likeness (QED) is 0.815. The van der Waals surface area contributed by atoms with Crippen LogP contribution in [0.3, 0.4) is 0 Å². The Balaban J connectivity index is 2.66. The van der Waals surface area contributed by atoms with Gasteiger partial charge >= 0.3 is 0 Å². The van der Waals surface area contributed by atoms with E-state index in [-0.39, 0.29) is 11.6 Å². The molecule has 88 valence electrons. The summed E-state index contributed by atoms with van der Waals surface area (Å²) in [7, 11) is 1.76. The van der Waals surface area contributed by atoms with Gasteiger partial charge in [0.2, 0.25) is 0 Å². The number of hydrogen-bond donors (Lipinski definition) is 2. The lowest BCUT2D eigenvalue weighted by molar-refractivity contribution is 0.0949. The minimum atomic E-state index is -0.758. The molecule has 16 heavy (non-hydrogen) atoms. The van der Waals surface area contributed by atoms with Crippen molar-refractivity contribution in [3.8, 4) is 0 Å². The number of likely N-dealkylation sites (N-methyl/N-ethyl adjacent to an activating group) is 1. The second-order valence-electron chi connectivity index (χ2n) is 3.56.